The Morgan fingerprint density at radius 3 is 2.50 bits per heavy atom. The van der Waals surface area contributed by atoms with Gasteiger partial charge in [-0.25, -0.2) is 0 Å². The predicted molar refractivity (Wildman–Crippen MR) is 102 cm³/mol. The van der Waals surface area contributed by atoms with Crippen LogP contribution in [0.4, 0.5) is 5.69 Å². The minimum atomic E-state index is -0.133. The normalized spacial score (nSPS) is 11.8. The smallest absolute Gasteiger partial charge is 0.171 e. The molecule has 3 rings (SSSR count). The van der Waals surface area contributed by atoms with Crippen LogP contribution in [0.15, 0.2) is 71.3 Å². The molecule has 0 radical (unpaired) electrons. The van der Waals surface area contributed by atoms with Gasteiger partial charge in [0.05, 0.1) is 6.26 Å². The zero-order valence-electron chi connectivity index (χ0n) is 13.7. The minimum Gasteiger partial charge on any atom is -0.467 e. The number of benzene rings is 2. The van der Waals surface area contributed by atoms with Gasteiger partial charge >= 0.3 is 0 Å². The van der Waals surface area contributed by atoms with E-state index >= 15 is 0 Å². The Bertz CT molecular complexity index is 813. The van der Waals surface area contributed by atoms with Gasteiger partial charge in [0, 0.05) is 5.69 Å². The highest BCUT2D eigenvalue weighted by Crippen LogP contribution is 2.23. The molecule has 0 saturated heterocycles. The average molecular weight is 336 g/mol. The summed E-state index contributed by atoms with van der Waals surface area (Å²) in [7, 11) is 0. The van der Waals surface area contributed by atoms with Crippen LogP contribution < -0.4 is 10.6 Å². The summed E-state index contributed by atoms with van der Waals surface area (Å²) in [6, 6.07) is 20.1. The van der Waals surface area contributed by atoms with E-state index < -0.39 is 0 Å². The molecule has 0 amide bonds. The van der Waals surface area contributed by atoms with Crippen molar-refractivity contribution in [1.82, 2.24) is 5.32 Å². The number of hydrogen-bond acceptors (Lipinski definition) is 2. The van der Waals surface area contributed by atoms with Gasteiger partial charge in [0.15, 0.2) is 5.11 Å². The third-order valence-electron chi connectivity index (χ3n) is 3.88. The van der Waals surface area contributed by atoms with Crippen LogP contribution in [0.25, 0.3) is 0 Å². The van der Waals surface area contributed by atoms with E-state index in [9.17, 15) is 0 Å². The van der Waals surface area contributed by atoms with Crippen molar-refractivity contribution in [1.29, 1.82) is 0 Å². The molecule has 0 spiro atoms. The molecule has 3 aromatic rings. The number of thiocarbonyl (C=S) groups is 1. The minimum absolute atomic E-state index is 0.133. The highest BCUT2D eigenvalue weighted by molar-refractivity contribution is 7.80. The van der Waals surface area contributed by atoms with Crippen LogP contribution in [-0.4, -0.2) is 5.11 Å². The fourth-order valence-corrected chi connectivity index (χ4v) is 2.81. The number of nitrogens with one attached hydrogen (secondary N) is 2. The molecule has 0 fully saturated rings. The maximum Gasteiger partial charge on any atom is 0.171 e. The fraction of sp³-hybridized carbons (Fsp3) is 0.150. The summed E-state index contributed by atoms with van der Waals surface area (Å²) >= 11 is 5.53. The van der Waals surface area contributed by atoms with Crippen LogP contribution in [0, 0.1) is 13.8 Å². The van der Waals surface area contributed by atoms with Crippen LogP contribution in [0.2, 0.25) is 0 Å². The first kappa shape index (κ1) is 16.3. The number of hydrogen-bond donors (Lipinski definition) is 2. The average Bonchev–Trinajstić information content (AvgIpc) is 3.11. The van der Waals surface area contributed by atoms with Gasteiger partial charge in [-0.3, -0.25) is 0 Å². The Hall–Kier alpha value is -2.59. The van der Waals surface area contributed by atoms with E-state index in [1.165, 1.54) is 5.56 Å². The quantitative estimate of drug-likeness (QED) is 0.660. The lowest BCUT2D eigenvalue weighted by Crippen LogP contribution is -2.33. The molecule has 3 nitrogen and oxygen atoms in total. The van der Waals surface area contributed by atoms with Crippen molar-refractivity contribution in [3.05, 3.63) is 89.4 Å². The zero-order chi connectivity index (χ0) is 16.9. The topological polar surface area (TPSA) is 37.2 Å². The molecule has 2 aromatic carbocycles. The van der Waals surface area contributed by atoms with E-state index in [2.05, 4.69) is 54.8 Å². The van der Waals surface area contributed by atoms with Gasteiger partial charge in [-0.05, 0) is 61.0 Å². The van der Waals surface area contributed by atoms with Crippen molar-refractivity contribution in [2.24, 2.45) is 0 Å². The van der Waals surface area contributed by atoms with Gasteiger partial charge in [-0.2, -0.15) is 0 Å². The third kappa shape index (κ3) is 3.84. The summed E-state index contributed by atoms with van der Waals surface area (Å²) in [5.41, 5.74) is 4.45. The molecule has 122 valence electrons. The molecule has 24 heavy (non-hydrogen) atoms. The van der Waals surface area contributed by atoms with Gasteiger partial charge in [-0.1, -0.05) is 42.5 Å². The first-order valence-electron chi connectivity index (χ1n) is 7.86. The Morgan fingerprint density at radius 2 is 1.79 bits per heavy atom. The molecule has 1 atom stereocenters. The SMILES string of the molecule is Cc1ccc(C)c(NC(=S)N[C@@H](c2ccccc2)c2ccco2)c1. The second-order valence-corrected chi connectivity index (χ2v) is 6.18. The Morgan fingerprint density at radius 1 is 1.00 bits per heavy atom. The second kappa shape index (κ2) is 7.32. The molecule has 1 aromatic heterocycles. The number of rotatable bonds is 4. The fourth-order valence-electron chi connectivity index (χ4n) is 2.58. The molecule has 0 aliphatic heterocycles. The summed E-state index contributed by atoms with van der Waals surface area (Å²) in [5.74, 6) is 0.825. The van der Waals surface area contributed by atoms with Gasteiger partial charge in [0.1, 0.15) is 11.8 Å². The van der Waals surface area contributed by atoms with Crippen LogP contribution in [0.3, 0.4) is 0 Å². The van der Waals surface area contributed by atoms with Crippen LogP contribution >= 0.6 is 12.2 Å². The molecule has 0 aliphatic rings. The number of anilines is 1. The summed E-state index contributed by atoms with van der Waals surface area (Å²) in [6.07, 6.45) is 1.67. The molecular weight excluding hydrogens is 316 g/mol. The van der Waals surface area contributed by atoms with Gasteiger partial charge in [-0.15, -0.1) is 0 Å². The third-order valence-corrected chi connectivity index (χ3v) is 4.10. The van der Waals surface area contributed by atoms with Crippen molar-refractivity contribution in [3.8, 4) is 0 Å². The Kier molecular flexibility index (Phi) is 4.96. The molecule has 2 N–H and O–H groups in total. The molecule has 0 aliphatic carbocycles. The van der Waals surface area contributed by atoms with Crippen molar-refractivity contribution in [3.63, 3.8) is 0 Å². The second-order valence-electron chi connectivity index (χ2n) is 5.78. The highest BCUT2D eigenvalue weighted by atomic mass is 32.1. The number of aryl methyl sites for hydroxylation is 2. The van der Waals surface area contributed by atoms with E-state index in [0.717, 1.165) is 22.6 Å². The molecule has 4 heteroatoms. The molecular formula is C20H20N2OS. The molecule has 0 saturated carbocycles. The molecule has 1 heterocycles. The maximum atomic E-state index is 5.59. The predicted octanol–water partition coefficient (Wildman–Crippen LogP) is 4.97. The largest absolute Gasteiger partial charge is 0.467 e. The summed E-state index contributed by atoms with van der Waals surface area (Å²) < 4.78 is 5.59. The van der Waals surface area contributed by atoms with Crippen LogP contribution in [0.5, 0.6) is 0 Å². The van der Waals surface area contributed by atoms with Crippen LogP contribution in [-0.2, 0) is 0 Å². The maximum absolute atomic E-state index is 5.59. The van der Waals surface area contributed by atoms with Crippen LogP contribution in [0.1, 0.15) is 28.5 Å². The Balaban J connectivity index is 1.80. The lowest BCUT2D eigenvalue weighted by Gasteiger charge is -2.20. The van der Waals surface area contributed by atoms with Crippen molar-refractivity contribution >= 4 is 23.0 Å². The zero-order valence-corrected chi connectivity index (χ0v) is 14.6. The van der Waals surface area contributed by atoms with Crippen molar-refractivity contribution in [2.75, 3.05) is 5.32 Å². The first-order chi connectivity index (χ1) is 11.6. The van der Waals surface area contributed by atoms with Crippen molar-refractivity contribution < 1.29 is 4.42 Å². The number of furan rings is 1. The molecule has 0 bridgehead atoms. The van der Waals surface area contributed by atoms with Gasteiger partial charge < -0.3 is 15.1 Å². The lowest BCUT2D eigenvalue weighted by atomic mass is 10.1. The van der Waals surface area contributed by atoms with E-state index in [0.29, 0.717) is 5.11 Å². The summed E-state index contributed by atoms with van der Waals surface area (Å²) in [5, 5.41) is 7.21. The van der Waals surface area contributed by atoms with E-state index in [4.69, 9.17) is 16.6 Å². The van der Waals surface area contributed by atoms with E-state index in [1.54, 1.807) is 6.26 Å². The molecule has 0 unspecified atom stereocenters. The highest BCUT2D eigenvalue weighted by Gasteiger charge is 2.17. The standard InChI is InChI=1S/C20H20N2OS/c1-14-10-11-15(2)17(13-14)21-20(24)22-19(18-9-6-12-23-18)16-7-4-3-5-8-16/h3-13,19H,1-2H3,(H2,21,22,24)/t19-/m0/s1. The Labute approximate surface area is 147 Å². The van der Waals surface area contributed by atoms with E-state index in [-0.39, 0.29) is 6.04 Å². The monoisotopic (exact) mass is 336 g/mol. The first-order valence-corrected chi connectivity index (χ1v) is 8.27. The van der Waals surface area contributed by atoms with Gasteiger partial charge in [0.2, 0.25) is 0 Å². The summed E-state index contributed by atoms with van der Waals surface area (Å²) in [4.78, 5) is 0. The van der Waals surface area contributed by atoms with E-state index in [1.807, 2.05) is 30.3 Å². The summed E-state index contributed by atoms with van der Waals surface area (Å²) in [6.45, 7) is 4.13. The van der Waals surface area contributed by atoms with Gasteiger partial charge in [0.25, 0.3) is 0 Å². The van der Waals surface area contributed by atoms with Crippen molar-refractivity contribution in [2.45, 2.75) is 19.9 Å². The lowest BCUT2D eigenvalue weighted by molar-refractivity contribution is 0.476.